The lowest BCUT2D eigenvalue weighted by Crippen LogP contribution is -2.51. The molecule has 2 aliphatic heterocycles. The van der Waals surface area contributed by atoms with Gasteiger partial charge in [-0.3, -0.25) is 24.5 Å². The van der Waals surface area contributed by atoms with E-state index in [4.69, 9.17) is 0 Å². The lowest BCUT2D eigenvalue weighted by molar-refractivity contribution is -0.132. The number of benzene rings is 2. The van der Waals surface area contributed by atoms with Gasteiger partial charge in [-0.1, -0.05) is 18.2 Å². The third kappa shape index (κ3) is 5.60. The summed E-state index contributed by atoms with van der Waals surface area (Å²) in [5, 5.41) is 12.7. The van der Waals surface area contributed by atoms with E-state index in [2.05, 4.69) is 21.4 Å². The molecule has 47 heavy (non-hydrogen) atoms. The van der Waals surface area contributed by atoms with Crippen LogP contribution in [0.1, 0.15) is 32.6 Å². The Morgan fingerprint density at radius 2 is 1.51 bits per heavy atom. The quantitative estimate of drug-likeness (QED) is 0.216. The average Bonchev–Trinajstić information content (AvgIpc) is 3.40. The van der Waals surface area contributed by atoms with Crippen molar-refractivity contribution in [2.75, 3.05) is 13.1 Å². The van der Waals surface area contributed by atoms with Crippen LogP contribution in [0.5, 0.6) is 0 Å². The number of allylic oxidation sites excluding steroid dienone is 1. The number of carbonyl (C=O) groups is 2. The van der Waals surface area contributed by atoms with E-state index in [1.807, 2.05) is 30.3 Å². The second-order valence-electron chi connectivity index (χ2n) is 12.4. The Morgan fingerprint density at radius 1 is 0.936 bits per heavy atom. The summed E-state index contributed by atoms with van der Waals surface area (Å²) in [5.41, 5.74) is 2.20. The van der Waals surface area contributed by atoms with Crippen molar-refractivity contribution in [1.29, 1.82) is 5.26 Å². The van der Waals surface area contributed by atoms with Gasteiger partial charge in [0.15, 0.2) is 5.78 Å². The fourth-order valence-corrected chi connectivity index (χ4v) is 8.78. The van der Waals surface area contributed by atoms with Crippen molar-refractivity contribution >= 4 is 21.7 Å². The predicted octanol–water partition coefficient (Wildman–Crippen LogP) is 3.66. The maximum atomic E-state index is 14.8. The Labute approximate surface area is 273 Å². The van der Waals surface area contributed by atoms with Crippen LogP contribution in [-0.4, -0.2) is 64.0 Å². The lowest BCUT2D eigenvalue weighted by atomic mass is 9.85. The molecule has 2 atom stereocenters. The largest absolute Gasteiger partial charge is 0.357 e. The number of hydrogen-bond donors (Lipinski definition) is 1. The molecule has 1 amide bonds. The molecule has 3 fully saturated rings. The van der Waals surface area contributed by atoms with E-state index in [1.165, 1.54) is 10.4 Å². The monoisotopic (exact) mass is 644 g/mol. The van der Waals surface area contributed by atoms with Gasteiger partial charge < -0.3 is 5.32 Å². The summed E-state index contributed by atoms with van der Waals surface area (Å²) in [6.07, 6.45) is 8.88. The maximum Gasteiger partial charge on any atom is 0.254 e. The molecular formula is C36H32N6O4S. The second kappa shape index (κ2) is 11.9. The van der Waals surface area contributed by atoms with Crippen molar-refractivity contribution in [1.82, 2.24) is 24.5 Å². The number of pyridine rings is 2. The number of aromatic nitrogens is 2. The van der Waals surface area contributed by atoms with Crippen LogP contribution in [0.4, 0.5) is 0 Å². The van der Waals surface area contributed by atoms with Gasteiger partial charge in [-0.15, -0.1) is 0 Å². The number of carbonyl (C=O) groups excluding carboxylic acids is 2. The van der Waals surface area contributed by atoms with E-state index in [-0.39, 0.29) is 42.7 Å². The first-order chi connectivity index (χ1) is 22.7. The molecule has 2 aromatic heterocycles. The van der Waals surface area contributed by atoms with Gasteiger partial charge in [0, 0.05) is 80.2 Å². The number of nitriles is 1. The third-order valence-electron chi connectivity index (χ3n) is 9.46. The molecule has 0 bridgehead atoms. The topological polar surface area (TPSA) is 136 Å². The zero-order valence-corrected chi connectivity index (χ0v) is 26.5. The summed E-state index contributed by atoms with van der Waals surface area (Å²) < 4.78 is 28.7. The Morgan fingerprint density at radius 3 is 2.06 bits per heavy atom. The minimum Gasteiger partial charge on any atom is -0.357 e. The first kappa shape index (κ1) is 30.5. The van der Waals surface area contributed by atoms with Crippen LogP contribution in [-0.2, 0) is 27.7 Å². The predicted molar refractivity (Wildman–Crippen MR) is 173 cm³/mol. The number of nitrogens with one attached hydrogen (secondary N) is 1. The van der Waals surface area contributed by atoms with Crippen molar-refractivity contribution in [2.24, 2.45) is 11.8 Å². The van der Waals surface area contributed by atoms with Crippen molar-refractivity contribution in [2.45, 2.75) is 36.2 Å². The molecule has 10 nitrogen and oxygen atoms in total. The van der Waals surface area contributed by atoms with Crippen LogP contribution in [0, 0.1) is 30.1 Å². The van der Waals surface area contributed by atoms with E-state index >= 15 is 0 Å². The minimum absolute atomic E-state index is 0.0781. The van der Waals surface area contributed by atoms with Gasteiger partial charge in [-0.2, -0.15) is 9.57 Å². The SMILES string of the molecule is Cc1ccccc1S(=O)(=O)N1CC2C(C1)C2N1C(=O)C(Cc2ccncc2)(Cc2ccncc2)NC1=CC(=O)c1ccc(C#N)cc1. The van der Waals surface area contributed by atoms with E-state index in [1.54, 1.807) is 79.1 Å². The number of piperidine rings is 1. The van der Waals surface area contributed by atoms with Crippen molar-refractivity contribution in [3.05, 3.63) is 137 Å². The van der Waals surface area contributed by atoms with Crippen LogP contribution in [0.3, 0.4) is 0 Å². The molecule has 11 heteroatoms. The van der Waals surface area contributed by atoms with Crippen LogP contribution in [0.2, 0.25) is 0 Å². The molecule has 0 spiro atoms. The molecule has 2 aromatic carbocycles. The van der Waals surface area contributed by atoms with Crippen molar-refractivity contribution < 1.29 is 18.0 Å². The fourth-order valence-electron chi connectivity index (χ4n) is 7.04. The highest BCUT2D eigenvalue weighted by atomic mass is 32.2. The lowest BCUT2D eigenvalue weighted by Gasteiger charge is -2.28. The smallest absolute Gasteiger partial charge is 0.254 e. The molecule has 4 heterocycles. The molecule has 4 aromatic rings. The van der Waals surface area contributed by atoms with Gasteiger partial charge in [0.2, 0.25) is 10.0 Å². The van der Waals surface area contributed by atoms with E-state index < -0.39 is 15.6 Å². The Hall–Kier alpha value is -5.18. The maximum absolute atomic E-state index is 14.8. The summed E-state index contributed by atoms with van der Waals surface area (Å²) in [6.45, 7) is 2.36. The standard InChI is InChI=1S/C36H32N6O4S/c1-24-4-2-3-5-32(24)47(45,46)41-22-29-30(23-41)34(29)42-33(18-31(43)28-8-6-27(21-37)7-9-28)40-36(35(42)44,19-25-10-14-38-15-11-25)20-26-12-16-39-17-13-26/h2-18,29-30,34,40H,19-20,22-23H2,1H3. The molecule has 1 aliphatic carbocycles. The van der Waals surface area contributed by atoms with Gasteiger partial charge in [0.25, 0.3) is 5.91 Å². The summed E-state index contributed by atoms with van der Waals surface area (Å²) in [7, 11) is -3.70. The van der Waals surface area contributed by atoms with Gasteiger partial charge in [0.05, 0.1) is 16.5 Å². The number of hydrogen-bond acceptors (Lipinski definition) is 8. The summed E-state index contributed by atoms with van der Waals surface area (Å²) in [6, 6.07) is 22.6. The van der Waals surface area contributed by atoms with Crippen molar-refractivity contribution in [3.8, 4) is 6.07 Å². The molecule has 2 saturated heterocycles. The highest BCUT2D eigenvalue weighted by molar-refractivity contribution is 7.89. The van der Waals surface area contributed by atoms with Gasteiger partial charge >= 0.3 is 0 Å². The fraction of sp³-hybridized carbons (Fsp3) is 0.250. The Balaban J connectivity index is 1.24. The number of aryl methyl sites for hydroxylation is 1. The zero-order chi connectivity index (χ0) is 32.8. The first-order valence-corrected chi connectivity index (χ1v) is 16.9. The number of rotatable bonds is 9. The average molecular weight is 645 g/mol. The Bertz CT molecular complexity index is 1970. The first-order valence-electron chi connectivity index (χ1n) is 15.4. The number of ketones is 1. The number of sulfonamides is 1. The normalized spacial score (nSPS) is 22.5. The second-order valence-corrected chi connectivity index (χ2v) is 14.3. The molecule has 1 N–H and O–H groups in total. The molecule has 236 valence electrons. The molecule has 7 rings (SSSR count). The van der Waals surface area contributed by atoms with E-state index in [0.717, 1.165) is 11.1 Å². The zero-order valence-electron chi connectivity index (χ0n) is 25.7. The van der Waals surface area contributed by atoms with Gasteiger partial charge in [-0.05, 0) is 78.2 Å². The van der Waals surface area contributed by atoms with Crippen molar-refractivity contribution in [3.63, 3.8) is 0 Å². The molecule has 2 unspecified atom stereocenters. The molecule has 3 aliphatic rings. The third-order valence-corrected chi connectivity index (χ3v) is 11.4. The number of nitrogens with zero attached hydrogens (tertiary/aromatic N) is 5. The number of fused-ring (bicyclic) bond motifs is 1. The van der Waals surface area contributed by atoms with Gasteiger partial charge in [0.1, 0.15) is 11.4 Å². The highest BCUT2D eigenvalue weighted by Crippen LogP contribution is 2.53. The minimum atomic E-state index is -3.70. The van der Waals surface area contributed by atoms with E-state index in [0.29, 0.717) is 40.2 Å². The van der Waals surface area contributed by atoms with Crippen LogP contribution < -0.4 is 5.32 Å². The van der Waals surface area contributed by atoms with Gasteiger partial charge in [-0.25, -0.2) is 8.42 Å². The number of amides is 1. The highest BCUT2D eigenvalue weighted by Gasteiger charge is 2.65. The molecule has 1 saturated carbocycles. The van der Waals surface area contributed by atoms with Crippen LogP contribution in [0.25, 0.3) is 0 Å². The summed E-state index contributed by atoms with van der Waals surface area (Å²) in [4.78, 5) is 38.7. The van der Waals surface area contributed by atoms with Crippen LogP contribution >= 0.6 is 0 Å². The molecular weight excluding hydrogens is 613 g/mol. The summed E-state index contributed by atoms with van der Waals surface area (Å²) in [5.74, 6) is -0.248. The van der Waals surface area contributed by atoms with E-state index in [9.17, 15) is 23.3 Å². The van der Waals surface area contributed by atoms with Crippen LogP contribution in [0.15, 0.2) is 114 Å². The summed E-state index contributed by atoms with van der Waals surface area (Å²) >= 11 is 0. The Kier molecular flexibility index (Phi) is 7.70. The molecule has 0 radical (unpaired) electrons.